The number of hydrogen-bond acceptors (Lipinski definition) is 20. The van der Waals surface area contributed by atoms with Crippen LogP contribution >= 0.6 is 0 Å². The highest BCUT2D eigenvalue weighted by Gasteiger charge is 2.55. The van der Waals surface area contributed by atoms with Crippen LogP contribution in [0, 0.1) is 0 Å². The normalized spacial score (nSPS) is 31.0. The fourth-order valence-corrected chi connectivity index (χ4v) is 9.17. The summed E-state index contributed by atoms with van der Waals surface area (Å²) in [6.07, 6.45) is -13.1. The average Bonchev–Trinajstić information content (AvgIpc) is 3.26. The van der Waals surface area contributed by atoms with Crippen LogP contribution in [0.15, 0.2) is 0 Å². The molecular formula is C51H92N6O19. The minimum absolute atomic E-state index is 0.0216. The first kappa shape index (κ1) is 64.6. The number of nitrogens with two attached hydrogens (primary N) is 1. The summed E-state index contributed by atoms with van der Waals surface area (Å²) in [4.78, 5) is 70.5. The minimum atomic E-state index is -1.90. The Morgan fingerprint density at radius 3 is 1.83 bits per heavy atom. The summed E-state index contributed by atoms with van der Waals surface area (Å²) in [5.41, 5.74) is 0.0731. The zero-order chi connectivity index (χ0) is 57.1. The molecule has 1 saturated carbocycles. The summed E-state index contributed by atoms with van der Waals surface area (Å²) in [7, 11) is 1.32. The van der Waals surface area contributed by atoms with Crippen LogP contribution in [0.1, 0.15) is 141 Å². The second kappa shape index (κ2) is 27.3. The molecule has 0 spiro atoms. The molecule has 0 aromatic carbocycles. The van der Waals surface area contributed by atoms with Gasteiger partial charge in [-0.15, -0.1) is 0 Å². The summed E-state index contributed by atoms with van der Waals surface area (Å²) in [6, 6.07) is -4.95. The van der Waals surface area contributed by atoms with Crippen LogP contribution < -0.4 is 21.7 Å². The molecule has 440 valence electrons. The van der Waals surface area contributed by atoms with E-state index in [2.05, 4.69) is 16.0 Å². The predicted octanol–water partition coefficient (Wildman–Crippen LogP) is 2.88. The number of carbonyl (C=O) groups is 5. The van der Waals surface area contributed by atoms with Gasteiger partial charge in [0.15, 0.2) is 18.9 Å². The molecule has 5 amide bonds. The third-order valence-corrected chi connectivity index (χ3v) is 12.5. The van der Waals surface area contributed by atoms with E-state index in [0.717, 1.165) is 17.7 Å². The zero-order valence-electron chi connectivity index (χ0n) is 47.3. The van der Waals surface area contributed by atoms with E-state index >= 15 is 0 Å². The van der Waals surface area contributed by atoms with E-state index in [1.54, 1.807) is 83.1 Å². The maximum atomic E-state index is 13.8. The van der Waals surface area contributed by atoms with E-state index in [0.29, 0.717) is 13.0 Å². The Morgan fingerprint density at radius 1 is 0.724 bits per heavy atom. The van der Waals surface area contributed by atoms with Crippen molar-refractivity contribution in [1.82, 2.24) is 25.8 Å². The molecule has 25 heteroatoms. The van der Waals surface area contributed by atoms with Crippen molar-refractivity contribution >= 4 is 30.3 Å². The van der Waals surface area contributed by atoms with Crippen molar-refractivity contribution in [3.8, 4) is 0 Å². The van der Waals surface area contributed by atoms with Crippen molar-refractivity contribution in [2.24, 2.45) is 5.73 Å². The monoisotopic (exact) mass is 1090 g/mol. The number of nitrogens with one attached hydrogen (secondary N) is 3. The molecule has 76 heavy (non-hydrogen) atoms. The second-order valence-electron chi connectivity index (χ2n) is 24.4. The molecule has 3 aliphatic heterocycles. The van der Waals surface area contributed by atoms with Crippen LogP contribution in [0.4, 0.5) is 19.2 Å². The first-order valence-corrected chi connectivity index (χ1v) is 26.6. The summed E-state index contributed by atoms with van der Waals surface area (Å²) >= 11 is 0. The van der Waals surface area contributed by atoms with E-state index in [1.165, 1.54) is 18.9 Å². The third-order valence-electron chi connectivity index (χ3n) is 12.5. The van der Waals surface area contributed by atoms with Crippen molar-refractivity contribution in [3.63, 3.8) is 0 Å². The first-order valence-electron chi connectivity index (χ1n) is 26.6. The fourth-order valence-electron chi connectivity index (χ4n) is 9.17. The van der Waals surface area contributed by atoms with Crippen LogP contribution in [0.5, 0.6) is 0 Å². The lowest BCUT2D eigenvalue weighted by atomic mass is 9.82. The van der Waals surface area contributed by atoms with Crippen molar-refractivity contribution in [3.05, 3.63) is 0 Å². The van der Waals surface area contributed by atoms with Crippen LogP contribution in [0.2, 0.25) is 0 Å². The van der Waals surface area contributed by atoms with Crippen LogP contribution in [-0.4, -0.2) is 215 Å². The number of likely N-dealkylation sites (N-methyl/N-ethyl adjacent to an activating group) is 1. The standard InChI is InChI=1S/C51H92N6O19/c1-47(2,3)73-43(62)54-30-21-20-29(27-57(46(65)76-50(10,11)12)23-25-68-34-19-15-16-24-67-34)70-41(30)71-38-32(55-44(63)74-48(4,5)6)26-31(53-40(61)33(58)18-17-22-52)37(35(38)59)72-42-36(60)39(51(13,66)28-69-42)56(14)45(64)75-49(7,8)9/h29-39,41-42,58-60,66H,15-28,52H2,1-14H3,(H,53,61)(H,54,62)(H,55,63)/t29-,30+,31+,32-,33-,34?,35+,36+,37-,38+,39+,41+,42+,51-/m0/s1. The van der Waals surface area contributed by atoms with Gasteiger partial charge in [0.05, 0.1) is 50.0 Å². The zero-order valence-corrected chi connectivity index (χ0v) is 47.3. The van der Waals surface area contributed by atoms with Gasteiger partial charge in [0.25, 0.3) is 0 Å². The summed E-state index contributed by atoms with van der Waals surface area (Å²) in [5, 5.41) is 55.5. The number of rotatable bonds is 18. The van der Waals surface area contributed by atoms with Crippen molar-refractivity contribution in [1.29, 1.82) is 0 Å². The van der Waals surface area contributed by atoms with Gasteiger partial charge in [0.2, 0.25) is 5.91 Å². The van der Waals surface area contributed by atoms with E-state index in [-0.39, 0.29) is 58.3 Å². The number of aliphatic hydroxyl groups excluding tert-OH is 3. The molecule has 0 aromatic heterocycles. The molecular weight excluding hydrogens is 1000 g/mol. The number of amides is 5. The maximum absolute atomic E-state index is 13.8. The number of alkyl carbamates (subject to hydrolysis) is 2. The Labute approximate surface area is 448 Å². The second-order valence-corrected chi connectivity index (χ2v) is 24.4. The Kier molecular flexibility index (Phi) is 23.2. The predicted molar refractivity (Wildman–Crippen MR) is 272 cm³/mol. The lowest BCUT2D eigenvalue weighted by Crippen LogP contribution is -2.71. The van der Waals surface area contributed by atoms with Gasteiger partial charge in [-0.3, -0.25) is 4.79 Å². The molecule has 4 fully saturated rings. The number of aliphatic hydroxyl groups is 4. The van der Waals surface area contributed by atoms with E-state index in [9.17, 15) is 44.4 Å². The topological polar surface area (TPSA) is 327 Å². The fraction of sp³-hybridized carbons (Fsp3) is 0.902. The lowest BCUT2D eigenvalue weighted by molar-refractivity contribution is -0.315. The molecule has 9 N–H and O–H groups in total. The molecule has 3 heterocycles. The van der Waals surface area contributed by atoms with Crippen molar-refractivity contribution < 1.29 is 91.8 Å². The number of carbonyl (C=O) groups excluding carboxylic acids is 5. The highest BCUT2D eigenvalue weighted by Crippen LogP contribution is 2.35. The number of hydrogen-bond donors (Lipinski definition) is 8. The van der Waals surface area contributed by atoms with Crippen LogP contribution in [-0.2, 0) is 52.2 Å². The molecule has 1 aliphatic carbocycles. The van der Waals surface area contributed by atoms with Gasteiger partial charge in [-0.1, -0.05) is 0 Å². The molecule has 25 nitrogen and oxygen atoms in total. The Bertz CT molecular complexity index is 1880. The van der Waals surface area contributed by atoms with E-state index in [1.807, 2.05) is 0 Å². The SMILES string of the molecule is CN(C(=O)OC(C)(C)C)[C@@H]1[C@@H](O)[C@@H](O[C@@H]2[C@@H](O)[C@H](O[C@H]3O[C@H](CN(CCOC4CCCCO4)C(=O)OC(C)(C)C)CC[C@H]3NC(=O)OC(C)(C)C)[C@@H](NC(=O)OC(C)(C)C)C[C@H]2NC(=O)[C@@H](O)CCCN)OC[C@]1(C)O. The molecule has 1 unspecified atom stereocenters. The number of nitrogens with zero attached hydrogens (tertiary/aromatic N) is 2. The van der Waals surface area contributed by atoms with Crippen molar-refractivity contribution in [2.75, 3.05) is 46.5 Å². The van der Waals surface area contributed by atoms with Gasteiger partial charge in [0, 0.05) is 20.2 Å². The van der Waals surface area contributed by atoms with Gasteiger partial charge in [-0.2, -0.15) is 0 Å². The molecule has 3 saturated heterocycles. The van der Waals surface area contributed by atoms with Gasteiger partial charge >= 0.3 is 24.4 Å². The van der Waals surface area contributed by atoms with Gasteiger partial charge in [0.1, 0.15) is 58.5 Å². The Morgan fingerprint density at radius 2 is 1.28 bits per heavy atom. The molecule has 4 aliphatic rings. The quantitative estimate of drug-likeness (QED) is 0.0915. The average molecular weight is 1090 g/mol. The van der Waals surface area contributed by atoms with E-state index in [4.69, 9.17) is 53.1 Å². The van der Waals surface area contributed by atoms with Crippen LogP contribution in [0.25, 0.3) is 0 Å². The van der Waals surface area contributed by atoms with E-state index < -0.39 is 145 Å². The highest BCUT2D eigenvalue weighted by molar-refractivity contribution is 5.81. The summed E-state index contributed by atoms with van der Waals surface area (Å²) in [6.45, 7) is 21.9. The Balaban J connectivity index is 1.78. The number of ether oxygens (including phenoxy) is 10. The third kappa shape index (κ3) is 20.7. The van der Waals surface area contributed by atoms with Crippen LogP contribution in [0.3, 0.4) is 0 Å². The first-order chi connectivity index (χ1) is 35.1. The highest BCUT2D eigenvalue weighted by atomic mass is 16.7. The smallest absolute Gasteiger partial charge is 0.410 e. The van der Waals surface area contributed by atoms with Crippen molar-refractivity contribution in [2.45, 2.75) is 249 Å². The molecule has 0 radical (unpaired) electrons. The molecule has 0 aromatic rings. The lowest BCUT2D eigenvalue weighted by Gasteiger charge is -2.51. The largest absolute Gasteiger partial charge is 0.444 e. The molecule has 4 rings (SSSR count). The van der Waals surface area contributed by atoms with Gasteiger partial charge in [-0.25, -0.2) is 19.2 Å². The maximum Gasteiger partial charge on any atom is 0.410 e. The van der Waals surface area contributed by atoms with Gasteiger partial charge < -0.3 is 99.3 Å². The van der Waals surface area contributed by atoms with Gasteiger partial charge in [-0.05, 0) is 148 Å². The Hall–Kier alpha value is -3.89. The molecule has 0 bridgehead atoms. The summed E-state index contributed by atoms with van der Waals surface area (Å²) < 4.78 is 60.1. The summed E-state index contributed by atoms with van der Waals surface area (Å²) in [5.74, 6) is -0.878. The molecule has 14 atom stereocenters. The minimum Gasteiger partial charge on any atom is -0.444 e.